The van der Waals surface area contributed by atoms with E-state index in [-0.39, 0.29) is 0 Å². The van der Waals surface area contributed by atoms with Crippen LogP contribution in [0.2, 0.25) is 5.02 Å². The van der Waals surface area contributed by atoms with Crippen LogP contribution in [0.5, 0.6) is 5.75 Å². The van der Waals surface area contributed by atoms with Gasteiger partial charge in [0.2, 0.25) is 0 Å². The average molecular weight is 397 g/mol. The van der Waals surface area contributed by atoms with Crippen molar-refractivity contribution in [1.82, 2.24) is 0 Å². The largest absolute Gasteiger partial charge is 0.491 e. The molecule has 0 saturated carbocycles. The van der Waals surface area contributed by atoms with Crippen LogP contribution in [0, 0.1) is 6.92 Å². The van der Waals surface area contributed by atoms with Crippen molar-refractivity contribution in [3.8, 4) is 5.75 Å². The predicted octanol–water partition coefficient (Wildman–Crippen LogP) is 5.15. The smallest absolute Gasteiger partial charge is 0.119 e. The van der Waals surface area contributed by atoms with E-state index in [1.807, 2.05) is 79.7 Å². The highest BCUT2D eigenvalue weighted by atomic mass is 35.5. The standard InChI is InChI=1S/C24H25ClO3/c1-18-3-7-20(8-4-18)24(26,17-19-5-11-22(25)12-6-19)21-9-13-23(14-10-21)28-16-15-27-2/h3-14,26H,15-17H2,1-2H3. The molecule has 4 heteroatoms. The third-order valence-corrected chi connectivity index (χ3v) is 5.04. The van der Waals surface area contributed by atoms with Crippen molar-refractivity contribution in [3.63, 3.8) is 0 Å². The van der Waals surface area contributed by atoms with E-state index in [0.29, 0.717) is 24.7 Å². The van der Waals surface area contributed by atoms with E-state index < -0.39 is 5.60 Å². The minimum Gasteiger partial charge on any atom is -0.491 e. The molecular formula is C24H25ClO3. The molecule has 3 aromatic carbocycles. The molecule has 1 unspecified atom stereocenters. The average Bonchev–Trinajstić information content (AvgIpc) is 2.71. The molecule has 1 N–H and O–H groups in total. The Kier molecular flexibility index (Phi) is 6.74. The minimum atomic E-state index is -1.16. The number of ether oxygens (including phenoxy) is 2. The summed E-state index contributed by atoms with van der Waals surface area (Å²) in [5.41, 5.74) is 2.66. The van der Waals surface area contributed by atoms with E-state index in [0.717, 1.165) is 28.0 Å². The van der Waals surface area contributed by atoms with E-state index in [1.54, 1.807) is 7.11 Å². The van der Waals surface area contributed by atoms with Crippen LogP contribution >= 0.6 is 11.6 Å². The first-order chi connectivity index (χ1) is 13.5. The molecule has 0 aromatic heterocycles. The Balaban J connectivity index is 1.93. The van der Waals surface area contributed by atoms with Gasteiger partial charge in [-0.05, 0) is 47.9 Å². The van der Waals surface area contributed by atoms with E-state index in [9.17, 15) is 5.11 Å². The first kappa shape index (κ1) is 20.4. The van der Waals surface area contributed by atoms with Crippen LogP contribution in [0.4, 0.5) is 0 Å². The van der Waals surface area contributed by atoms with Gasteiger partial charge in [-0.2, -0.15) is 0 Å². The first-order valence-corrected chi connectivity index (χ1v) is 9.65. The molecular weight excluding hydrogens is 372 g/mol. The molecule has 0 heterocycles. The number of methoxy groups -OCH3 is 1. The van der Waals surface area contributed by atoms with E-state index >= 15 is 0 Å². The van der Waals surface area contributed by atoms with E-state index in [2.05, 4.69) is 0 Å². The van der Waals surface area contributed by atoms with Gasteiger partial charge in [0.15, 0.2) is 0 Å². The van der Waals surface area contributed by atoms with Crippen molar-refractivity contribution in [2.45, 2.75) is 18.9 Å². The van der Waals surface area contributed by atoms with Gasteiger partial charge in [0.05, 0.1) is 6.61 Å². The molecule has 0 spiro atoms. The molecule has 3 nitrogen and oxygen atoms in total. The minimum absolute atomic E-state index is 0.442. The number of halogens is 1. The Bertz CT molecular complexity index is 873. The zero-order valence-corrected chi connectivity index (χ0v) is 16.9. The lowest BCUT2D eigenvalue weighted by Gasteiger charge is -2.30. The number of aryl methyl sites for hydroxylation is 1. The van der Waals surface area contributed by atoms with Gasteiger partial charge in [-0.1, -0.05) is 65.7 Å². The summed E-state index contributed by atoms with van der Waals surface area (Å²) in [5.74, 6) is 0.749. The van der Waals surface area contributed by atoms with Crippen molar-refractivity contribution in [2.24, 2.45) is 0 Å². The van der Waals surface area contributed by atoms with Crippen molar-refractivity contribution >= 4 is 11.6 Å². The van der Waals surface area contributed by atoms with Crippen LogP contribution in [0.25, 0.3) is 0 Å². The number of aliphatic hydroxyl groups is 1. The van der Waals surface area contributed by atoms with Gasteiger partial charge in [0.1, 0.15) is 18.0 Å². The van der Waals surface area contributed by atoms with Gasteiger partial charge >= 0.3 is 0 Å². The molecule has 3 rings (SSSR count). The summed E-state index contributed by atoms with van der Waals surface area (Å²) in [6.07, 6.45) is 0.442. The summed E-state index contributed by atoms with van der Waals surface area (Å²) in [4.78, 5) is 0. The van der Waals surface area contributed by atoms with Gasteiger partial charge in [0, 0.05) is 18.6 Å². The molecule has 0 aliphatic rings. The summed E-state index contributed by atoms with van der Waals surface area (Å²) >= 11 is 6.02. The maximum Gasteiger partial charge on any atom is 0.119 e. The summed E-state index contributed by atoms with van der Waals surface area (Å²) < 4.78 is 10.7. The fourth-order valence-electron chi connectivity index (χ4n) is 3.17. The normalized spacial score (nSPS) is 13.1. The van der Waals surface area contributed by atoms with E-state index in [4.69, 9.17) is 21.1 Å². The lowest BCUT2D eigenvalue weighted by atomic mass is 9.81. The SMILES string of the molecule is COCCOc1ccc(C(O)(Cc2ccc(Cl)cc2)c2ccc(C)cc2)cc1. The molecule has 1 atom stereocenters. The zero-order chi connectivity index (χ0) is 20.0. The molecule has 28 heavy (non-hydrogen) atoms. The molecule has 0 aliphatic carbocycles. The lowest BCUT2D eigenvalue weighted by molar-refractivity contribution is 0.0810. The molecule has 146 valence electrons. The molecule has 0 saturated heterocycles. The Morgan fingerprint density at radius 1 is 0.821 bits per heavy atom. The fraction of sp³-hybridized carbons (Fsp3) is 0.250. The number of hydrogen-bond donors (Lipinski definition) is 1. The zero-order valence-electron chi connectivity index (χ0n) is 16.2. The Morgan fingerprint density at radius 2 is 1.39 bits per heavy atom. The first-order valence-electron chi connectivity index (χ1n) is 9.27. The van der Waals surface area contributed by atoms with Crippen LogP contribution in [0.15, 0.2) is 72.8 Å². The van der Waals surface area contributed by atoms with Crippen molar-refractivity contribution in [2.75, 3.05) is 20.3 Å². The summed E-state index contributed by atoms with van der Waals surface area (Å²) in [6.45, 7) is 3.06. The predicted molar refractivity (Wildman–Crippen MR) is 113 cm³/mol. The topological polar surface area (TPSA) is 38.7 Å². The van der Waals surface area contributed by atoms with Gasteiger partial charge in [-0.3, -0.25) is 0 Å². The van der Waals surface area contributed by atoms with Crippen LogP contribution in [0.1, 0.15) is 22.3 Å². The second kappa shape index (κ2) is 9.24. The maximum atomic E-state index is 11.8. The van der Waals surface area contributed by atoms with Gasteiger partial charge < -0.3 is 14.6 Å². The van der Waals surface area contributed by atoms with Crippen LogP contribution < -0.4 is 4.74 Å². The highest BCUT2D eigenvalue weighted by Gasteiger charge is 2.32. The second-order valence-electron chi connectivity index (χ2n) is 6.90. The summed E-state index contributed by atoms with van der Waals surface area (Å²) in [5, 5.41) is 12.5. The van der Waals surface area contributed by atoms with Gasteiger partial charge in [-0.25, -0.2) is 0 Å². The molecule has 0 aliphatic heterocycles. The second-order valence-corrected chi connectivity index (χ2v) is 7.33. The highest BCUT2D eigenvalue weighted by Crippen LogP contribution is 2.34. The van der Waals surface area contributed by atoms with Crippen molar-refractivity contribution in [3.05, 3.63) is 100 Å². The number of hydrogen-bond acceptors (Lipinski definition) is 3. The third kappa shape index (κ3) is 4.93. The van der Waals surface area contributed by atoms with Crippen LogP contribution in [-0.4, -0.2) is 25.4 Å². The Labute approximate surface area is 171 Å². The molecule has 0 radical (unpaired) electrons. The molecule has 3 aromatic rings. The van der Waals surface area contributed by atoms with E-state index in [1.165, 1.54) is 0 Å². The Morgan fingerprint density at radius 3 is 1.96 bits per heavy atom. The quantitative estimate of drug-likeness (QED) is 0.535. The summed E-state index contributed by atoms with van der Waals surface area (Å²) in [7, 11) is 1.64. The molecule has 0 bridgehead atoms. The lowest BCUT2D eigenvalue weighted by Crippen LogP contribution is -2.30. The third-order valence-electron chi connectivity index (χ3n) is 4.79. The number of rotatable bonds is 8. The fourth-order valence-corrected chi connectivity index (χ4v) is 3.29. The van der Waals surface area contributed by atoms with Crippen LogP contribution in [-0.2, 0) is 16.8 Å². The summed E-state index contributed by atoms with van der Waals surface area (Å²) in [6, 6.07) is 23.2. The van der Waals surface area contributed by atoms with Gasteiger partial charge in [0.25, 0.3) is 0 Å². The van der Waals surface area contributed by atoms with Crippen LogP contribution in [0.3, 0.4) is 0 Å². The highest BCUT2D eigenvalue weighted by molar-refractivity contribution is 6.30. The molecule has 0 fully saturated rings. The van der Waals surface area contributed by atoms with Crippen molar-refractivity contribution in [1.29, 1.82) is 0 Å². The number of benzene rings is 3. The van der Waals surface area contributed by atoms with Gasteiger partial charge in [-0.15, -0.1) is 0 Å². The Hall–Kier alpha value is -2.33. The monoisotopic (exact) mass is 396 g/mol. The maximum absolute atomic E-state index is 11.8. The van der Waals surface area contributed by atoms with Crippen molar-refractivity contribution < 1.29 is 14.6 Å². The molecule has 0 amide bonds.